The summed E-state index contributed by atoms with van der Waals surface area (Å²) in [6.45, 7) is 5.74. The van der Waals surface area contributed by atoms with Crippen molar-refractivity contribution in [2.45, 2.75) is 39.0 Å². The Labute approximate surface area is 148 Å². The Kier molecular flexibility index (Phi) is 4.68. The molecule has 0 bridgehead atoms. The number of benzene rings is 1. The third-order valence-corrected chi connectivity index (χ3v) is 6.59. The van der Waals surface area contributed by atoms with Crippen molar-refractivity contribution in [1.82, 2.24) is 9.88 Å². The summed E-state index contributed by atoms with van der Waals surface area (Å²) in [4.78, 5) is 12.2. The first-order chi connectivity index (χ1) is 11.7. The van der Waals surface area contributed by atoms with E-state index in [9.17, 15) is 0 Å². The van der Waals surface area contributed by atoms with Gasteiger partial charge in [0.05, 0.1) is 15.2 Å². The average Bonchev–Trinajstić information content (AvgIpc) is 2.99. The highest BCUT2D eigenvalue weighted by atomic mass is 32.1. The molecule has 4 rings (SSSR count). The van der Waals surface area contributed by atoms with Crippen LogP contribution in [0.15, 0.2) is 23.2 Å². The van der Waals surface area contributed by atoms with Crippen molar-refractivity contribution in [2.75, 3.05) is 26.7 Å². The number of aliphatic imine (C=N–C) groups is 1. The Morgan fingerprint density at radius 3 is 2.79 bits per heavy atom. The molecule has 4 heteroatoms. The molecule has 128 valence electrons. The molecule has 2 aliphatic rings. The molecule has 1 unspecified atom stereocenters. The summed E-state index contributed by atoms with van der Waals surface area (Å²) in [7, 11) is 2.23. The second-order valence-electron chi connectivity index (χ2n) is 7.67. The number of hydrogen-bond acceptors (Lipinski definition) is 4. The summed E-state index contributed by atoms with van der Waals surface area (Å²) in [5.74, 6) is 1.54. The number of likely N-dealkylation sites (tertiary alicyclic amines) is 1. The van der Waals surface area contributed by atoms with Gasteiger partial charge in [0.25, 0.3) is 0 Å². The lowest BCUT2D eigenvalue weighted by Gasteiger charge is -2.28. The van der Waals surface area contributed by atoms with E-state index in [0.717, 1.165) is 31.2 Å². The average molecular weight is 342 g/mol. The van der Waals surface area contributed by atoms with Gasteiger partial charge in [-0.05, 0) is 75.4 Å². The van der Waals surface area contributed by atoms with Gasteiger partial charge >= 0.3 is 0 Å². The van der Waals surface area contributed by atoms with E-state index in [2.05, 4.69) is 37.1 Å². The SMILES string of the molecule is CC1CCC(c2ccc3sc(CC4CCN(C)CC4)nc3c2)=NC1. The predicted octanol–water partition coefficient (Wildman–Crippen LogP) is 4.40. The summed E-state index contributed by atoms with van der Waals surface area (Å²) in [5, 5.41) is 1.32. The van der Waals surface area contributed by atoms with Crippen molar-refractivity contribution in [3.05, 3.63) is 28.8 Å². The Hall–Kier alpha value is -1.26. The molecule has 1 aromatic heterocycles. The van der Waals surface area contributed by atoms with Gasteiger partial charge in [-0.25, -0.2) is 4.98 Å². The number of thiazole rings is 1. The second kappa shape index (κ2) is 6.93. The number of fused-ring (bicyclic) bond motifs is 1. The van der Waals surface area contributed by atoms with E-state index < -0.39 is 0 Å². The summed E-state index contributed by atoms with van der Waals surface area (Å²) in [5.41, 5.74) is 3.73. The minimum absolute atomic E-state index is 0.734. The van der Waals surface area contributed by atoms with Gasteiger partial charge in [-0.15, -0.1) is 11.3 Å². The predicted molar refractivity (Wildman–Crippen MR) is 103 cm³/mol. The molecule has 0 radical (unpaired) electrons. The first kappa shape index (κ1) is 16.2. The first-order valence-electron chi connectivity index (χ1n) is 9.29. The highest BCUT2D eigenvalue weighted by Gasteiger charge is 2.19. The number of nitrogens with zero attached hydrogens (tertiary/aromatic N) is 3. The van der Waals surface area contributed by atoms with Gasteiger partial charge in [-0.2, -0.15) is 0 Å². The molecular weight excluding hydrogens is 314 g/mol. The summed E-state index contributed by atoms with van der Waals surface area (Å²) in [6, 6.07) is 6.76. The van der Waals surface area contributed by atoms with Gasteiger partial charge in [-0.3, -0.25) is 4.99 Å². The highest BCUT2D eigenvalue weighted by Crippen LogP contribution is 2.29. The first-order valence-corrected chi connectivity index (χ1v) is 10.1. The zero-order valence-corrected chi connectivity index (χ0v) is 15.6. The summed E-state index contributed by atoms with van der Waals surface area (Å²) < 4.78 is 1.33. The number of aromatic nitrogens is 1. The van der Waals surface area contributed by atoms with Crippen LogP contribution >= 0.6 is 11.3 Å². The lowest BCUT2D eigenvalue weighted by atomic mass is 9.94. The van der Waals surface area contributed by atoms with Crippen molar-refractivity contribution in [1.29, 1.82) is 0 Å². The molecule has 1 atom stereocenters. The van der Waals surface area contributed by atoms with E-state index in [4.69, 9.17) is 9.98 Å². The fourth-order valence-electron chi connectivity index (χ4n) is 3.81. The van der Waals surface area contributed by atoms with Crippen LogP contribution < -0.4 is 0 Å². The molecule has 3 heterocycles. The molecule has 24 heavy (non-hydrogen) atoms. The van der Waals surface area contributed by atoms with Crippen LogP contribution in [-0.4, -0.2) is 42.3 Å². The zero-order chi connectivity index (χ0) is 16.5. The van der Waals surface area contributed by atoms with E-state index in [0.29, 0.717) is 0 Å². The van der Waals surface area contributed by atoms with E-state index in [1.165, 1.54) is 58.9 Å². The van der Waals surface area contributed by atoms with Crippen molar-refractivity contribution < 1.29 is 0 Å². The lowest BCUT2D eigenvalue weighted by molar-refractivity contribution is 0.219. The minimum Gasteiger partial charge on any atom is -0.306 e. The number of hydrogen-bond donors (Lipinski definition) is 0. The van der Waals surface area contributed by atoms with Gasteiger partial charge in [0.15, 0.2) is 0 Å². The van der Waals surface area contributed by atoms with Gasteiger partial charge in [0.1, 0.15) is 0 Å². The molecule has 1 aromatic carbocycles. The molecule has 1 fully saturated rings. The molecule has 2 aromatic rings. The maximum Gasteiger partial charge on any atom is 0.0941 e. The monoisotopic (exact) mass is 341 g/mol. The molecule has 0 aliphatic carbocycles. The van der Waals surface area contributed by atoms with E-state index >= 15 is 0 Å². The fourth-order valence-corrected chi connectivity index (χ4v) is 4.87. The Balaban J connectivity index is 1.51. The Bertz CT molecular complexity index is 740. The van der Waals surface area contributed by atoms with Crippen LogP contribution in [0.5, 0.6) is 0 Å². The van der Waals surface area contributed by atoms with Crippen LogP contribution in [0.3, 0.4) is 0 Å². The summed E-state index contributed by atoms with van der Waals surface area (Å²) >= 11 is 1.88. The van der Waals surface area contributed by atoms with Crippen LogP contribution in [0.2, 0.25) is 0 Å². The molecule has 0 saturated carbocycles. The molecule has 0 amide bonds. The van der Waals surface area contributed by atoms with Gasteiger partial charge in [-0.1, -0.05) is 13.0 Å². The second-order valence-corrected chi connectivity index (χ2v) is 8.79. The van der Waals surface area contributed by atoms with E-state index in [1.54, 1.807) is 0 Å². The van der Waals surface area contributed by atoms with E-state index in [-0.39, 0.29) is 0 Å². The summed E-state index contributed by atoms with van der Waals surface area (Å²) in [6.07, 6.45) is 6.15. The fraction of sp³-hybridized carbons (Fsp3) is 0.600. The van der Waals surface area contributed by atoms with Crippen LogP contribution in [0.1, 0.15) is 43.2 Å². The lowest BCUT2D eigenvalue weighted by Crippen LogP contribution is -2.30. The Morgan fingerprint density at radius 2 is 2.04 bits per heavy atom. The highest BCUT2D eigenvalue weighted by molar-refractivity contribution is 7.18. The topological polar surface area (TPSA) is 28.5 Å². The third kappa shape index (κ3) is 3.55. The molecule has 3 nitrogen and oxygen atoms in total. The van der Waals surface area contributed by atoms with Crippen LogP contribution in [0, 0.1) is 11.8 Å². The smallest absolute Gasteiger partial charge is 0.0941 e. The van der Waals surface area contributed by atoms with Crippen molar-refractivity contribution in [3.63, 3.8) is 0 Å². The van der Waals surface area contributed by atoms with Gasteiger partial charge in [0.2, 0.25) is 0 Å². The van der Waals surface area contributed by atoms with Gasteiger partial charge in [0, 0.05) is 18.7 Å². The largest absolute Gasteiger partial charge is 0.306 e. The van der Waals surface area contributed by atoms with Crippen molar-refractivity contribution >= 4 is 27.3 Å². The van der Waals surface area contributed by atoms with Crippen LogP contribution in [0.25, 0.3) is 10.2 Å². The quantitative estimate of drug-likeness (QED) is 0.828. The van der Waals surface area contributed by atoms with Crippen molar-refractivity contribution in [3.8, 4) is 0 Å². The molecule has 1 saturated heterocycles. The standard InChI is InChI=1S/C20H27N3S/c1-14-3-5-17(21-13-14)16-4-6-19-18(12-16)22-20(24-19)11-15-7-9-23(2)10-8-15/h4,6,12,14-15H,3,5,7-11,13H2,1-2H3. The molecule has 0 spiro atoms. The number of rotatable bonds is 3. The van der Waals surface area contributed by atoms with Crippen LogP contribution in [0.4, 0.5) is 0 Å². The normalized spacial score (nSPS) is 23.6. The molecule has 2 aliphatic heterocycles. The van der Waals surface area contributed by atoms with Gasteiger partial charge < -0.3 is 4.90 Å². The maximum atomic E-state index is 4.95. The minimum atomic E-state index is 0.734. The number of piperidine rings is 1. The third-order valence-electron chi connectivity index (χ3n) is 5.53. The van der Waals surface area contributed by atoms with Crippen LogP contribution in [-0.2, 0) is 6.42 Å². The zero-order valence-electron chi connectivity index (χ0n) is 14.8. The molecular formula is C20H27N3S. The van der Waals surface area contributed by atoms with Crippen molar-refractivity contribution in [2.24, 2.45) is 16.8 Å². The van der Waals surface area contributed by atoms with E-state index in [1.807, 2.05) is 11.3 Å². The maximum absolute atomic E-state index is 4.95. The molecule has 0 N–H and O–H groups in total. The Morgan fingerprint density at radius 1 is 1.21 bits per heavy atom.